The summed E-state index contributed by atoms with van der Waals surface area (Å²) in [7, 11) is 1.43. The summed E-state index contributed by atoms with van der Waals surface area (Å²) in [6, 6.07) is 1.82. The lowest BCUT2D eigenvalue weighted by Gasteiger charge is -2.43. The number of aliphatic hydroxyl groups is 3. The smallest absolute Gasteiger partial charge is 0.173 e. The number of benzene rings is 1. The van der Waals surface area contributed by atoms with Crippen LogP contribution in [-0.2, 0) is 26.4 Å². The predicted molar refractivity (Wildman–Crippen MR) is 129 cm³/mol. The number of hydrogen-bond donors (Lipinski definition) is 3. The van der Waals surface area contributed by atoms with Crippen LogP contribution >= 0.6 is 15.9 Å². The summed E-state index contributed by atoms with van der Waals surface area (Å²) in [6.45, 7) is 0.442. The van der Waals surface area contributed by atoms with E-state index >= 15 is 0 Å². The molecule has 3 N–H and O–H groups in total. The highest BCUT2D eigenvalue weighted by atomic mass is 79.9. The molecule has 0 aliphatic carbocycles. The van der Waals surface area contributed by atoms with E-state index in [0.29, 0.717) is 31.7 Å². The first kappa shape index (κ1) is 27.2. The average molecular weight is 601 g/mol. The maximum absolute atomic E-state index is 14.6. The van der Waals surface area contributed by atoms with Crippen molar-refractivity contribution < 1.29 is 38.3 Å². The molecule has 4 heterocycles. The Kier molecular flexibility index (Phi) is 7.86. The van der Waals surface area contributed by atoms with Gasteiger partial charge in [-0.25, -0.2) is 18.1 Å². The van der Waals surface area contributed by atoms with Gasteiger partial charge in [0.25, 0.3) is 0 Å². The average Bonchev–Trinajstić information content (AvgIpc) is 3.59. The molecule has 38 heavy (non-hydrogen) atoms. The number of halogens is 3. The van der Waals surface area contributed by atoms with Crippen molar-refractivity contribution in [3.63, 3.8) is 0 Å². The van der Waals surface area contributed by atoms with E-state index in [2.05, 4.69) is 36.6 Å². The van der Waals surface area contributed by atoms with Crippen molar-refractivity contribution in [3.8, 4) is 11.3 Å². The van der Waals surface area contributed by atoms with Gasteiger partial charge in [-0.2, -0.15) is 0 Å². The van der Waals surface area contributed by atoms with Crippen LogP contribution in [0.5, 0.6) is 0 Å². The Balaban J connectivity index is 1.42. The number of nitrogens with zero attached hydrogens (tertiary/aromatic N) is 6. The van der Waals surface area contributed by atoms with E-state index in [9.17, 15) is 24.1 Å². The molecule has 2 saturated heterocycles. The van der Waals surface area contributed by atoms with Gasteiger partial charge < -0.3 is 29.5 Å². The molecule has 5 rings (SSSR count). The molecule has 3 aromatic rings. The van der Waals surface area contributed by atoms with Gasteiger partial charge in [0.05, 0.1) is 30.0 Å². The molecule has 2 fully saturated rings. The molecule has 0 spiro atoms. The maximum atomic E-state index is 14.6. The van der Waals surface area contributed by atoms with Gasteiger partial charge in [-0.05, 0) is 28.1 Å². The van der Waals surface area contributed by atoms with Gasteiger partial charge in [0.2, 0.25) is 0 Å². The summed E-state index contributed by atoms with van der Waals surface area (Å²) in [5.74, 6) is -2.16. The molecule has 12 nitrogen and oxygen atoms in total. The van der Waals surface area contributed by atoms with Crippen molar-refractivity contribution in [1.82, 2.24) is 30.0 Å². The predicted octanol–water partition coefficient (Wildman–Crippen LogP) is 0.952. The van der Waals surface area contributed by atoms with E-state index < -0.39 is 54.3 Å². The fraction of sp³-hybridized carbons (Fsp3) is 0.565. The molecular weight excluding hydrogens is 574 g/mol. The van der Waals surface area contributed by atoms with Crippen molar-refractivity contribution in [3.05, 3.63) is 46.3 Å². The normalized spacial score (nSPS) is 27.5. The molecule has 0 amide bonds. The third-order valence-electron chi connectivity index (χ3n) is 7.06. The second-order valence-corrected chi connectivity index (χ2v) is 10.2. The summed E-state index contributed by atoms with van der Waals surface area (Å²) in [5, 5.41) is 48.1. The fourth-order valence-corrected chi connectivity index (χ4v) is 5.24. The van der Waals surface area contributed by atoms with Gasteiger partial charge in [-0.15, -0.1) is 10.2 Å². The molecule has 0 unspecified atom stereocenters. The lowest BCUT2D eigenvalue weighted by atomic mass is 9.91. The summed E-state index contributed by atoms with van der Waals surface area (Å²) in [5.41, 5.74) is -0.796. The Labute approximate surface area is 224 Å². The summed E-state index contributed by atoms with van der Waals surface area (Å²) in [6.07, 6.45) is -0.0449. The maximum Gasteiger partial charge on any atom is 0.173 e. The molecular formula is C23H27BrF2N6O6. The SMILES string of the molecule is CO[C@@H]1[C@@H](n2cc(-c3ccc(Br)c(F)c3F)nn2)[C@@H](O)[C@@H](CO)O[C@@H]1Cn1cc(C2(O)CCOCC2)nn1. The Morgan fingerprint density at radius 3 is 2.61 bits per heavy atom. The Hall–Kier alpha value is -2.40. The van der Waals surface area contributed by atoms with Crippen LogP contribution in [0.3, 0.4) is 0 Å². The lowest BCUT2D eigenvalue weighted by molar-refractivity contribution is -0.216. The summed E-state index contributed by atoms with van der Waals surface area (Å²) >= 11 is 2.95. The van der Waals surface area contributed by atoms with E-state index in [1.807, 2.05) is 0 Å². The largest absolute Gasteiger partial charge is 0.394 e. The number of hydrogen-bond acceptors (Lipinski definition) is 10. The van der Waals surface area contributed by atoms with Gasteiger partial charge in [-0.3, -0.25) is 0 Å². The van der Waals surface area contributed by atoms with Crippen molar-refractivity contribution in [2.75, 3.05) is 26.9 Å². The van der Waals surface area contributed by atoms with Crippen LogP contribution < -0.4 is 0 Å². The third kappa shape index (κ3) is 4.99. The molecule has 2 aromatic heterocycles. The number of ether oxygens (including phenoxy) is 3. The van der Waals surface area contributed by atoms with Gasteiger partial charge >= 0.3 is 0 Å². The summed E-state index contributed by atoms with van der Waals surface area (Å²) < 4.78 is 48.4. The monoisotopic (exact) mass is 600 g/mol. The highest BCUT2D eigenvalue weighted by Crippen LogP contribution is 2.35. The van der Waals surface area contributed by atoms with E-state index in [-0.39, 0.29) is 22.3 Å². The second-order valence-electron chi connectivity index (χ2n) is 9.35. The molecule has 5 atom stereocenters. The third-order valence-corrected chi connectivity index (χ3v) is 7.68. The van der Waals surface area contributed by atoms with E-state index in [1.165, 1.54) is 34.8 Å². The van der Waals surface area contributed by atoms with Crippen LogP contribution in [0.4, 0.5) is 8.78 Å². The quantitative estimate of drug-likeness (QED) is 0.334. The molecule has 2 aliphatic heterocycles. The van der Waals surface area contributed by atoms with Gasteiger partial charge in [0.1, 0.15) is 47.4 Å². The second kappa shape index (κ2) is 11.0. The van der Waals surface area contributed by atoms with Gasteiger partial charge in [0, 0.05) is 38.7 Å². The van der Waals surface area contributed by atoms with Crippen LogP contribution in [0.2, 0.25) is 0 Å². The van der Waals surface area contributed by atoms with Crippen LogP contribution in [-0.4, -0.2) is 96.7 Å². The number of aliphatic hydroxyl groups excluding tert-OH is 2. The molecule has 15 heteroatoms. The zero-order valence-electron chi connectivity index (χ0n) is 20.3. The zero-order chi connectivity index (χ0) is 27.0. The minimum absolute atomic E-state index is 0.0284. The Bertz CT molecular complexity index is 1270. The van der Waals surface area contributed by atoms with Crippen LogP contribution in [0, 0.1) is 11.6 Å². The fourth-order valence-electron chi connectivity index (χ4n) is 4.93. The van der Waals surface area contributed by atoms with Crippen molar-refractivity contribution in [2.24, 2.45) is 0 Å². The number of rotatable bonds is 7. The minimum atomic E-state index is -1.27. The van der Waals surface area contributed by atoms with Gasteiger partial charge in [-0.1, -0.05) is 10.4 Å². The van der Waals surface area contributed by atoms with Crippen LogP contribution in [0.15, 0.2) is 29.0 Å². The molecule has 206 valence electrons. The number of aromatic nitrogens is 6. The molecule has 1 aromatic carbocycles. The van der Waals surface area contributed by atoms with E-state index in [4.69, 9.17) is 14.2 Å². The Morgan fingerprint density at radius 1 is 1.13 bits per heavy atom. The summed E-state index contributed by atoms with van der Waals surface area (Å²) in [4.78, 5) is 0. The van der Waals surface area contributed by atoms with E-state index in [0.717, 1.165) is 0 Å². The molecule has 0 saturated carbocycles. The first-order chi connectivity index (χ1) is 18.3. The molecule has 0 bridgehead atoms. The first-order valence-corrected chi connectivity index (χ1v) is 12.8. The molecule has 0 radical (unpaired) electrons. The topological polar surface area (TPSA) is 150 Å². The van der Waals surface area contributed by atoms with Crippen LogP contribution in [0.1, 0.15) is 24.6 Å². The lowest BCUT2D eigenvalue weighted by Crippen LogP contribution is -2.57. The molecule has 2 aliphatic rings. The van der Waals surface area contributed by atoms with Crippen molar-refractivity contribution >= 4 is 15.9 Å². The highest BCUT2D eigenvalue weighted by Gasteiger charge is 2.47. The van der Waals surface area contributed by atoms with Crippen LogP contribution in [0.25, 0.3) is 11.3 Å². The highest BCUT2D eigenvalue weighted by molar-refractivity contribution is 9.10. The number of methoxy groups -OCH3 is 1. The van der Waals surface area contributed by atoms with Crippen molar-refractivity contribution in [1.29, 1.82) is 0 Å². The standard InChI is InChI=1S/C23H27BrF2N6O6/c1-36-22-15(9-31-10-17(28-29-31)23(35)4-6-37-7-5-23)38-16(11-33)21(34)20(22)32-8-14(27-30-32)12-2-3-13(24)19(26)18(12)25/h2-3,8,10,15-16,20-22,33-35H,4-7,9,11H2,1H3/t15-,16-,20+,21+,22+/m1/s1. The van der Waals surface area contributed by atoms with E-state index in [1.54, 1.807) is 6.20 Å². The Morgan fingerprint density at radius 2 is 1.89 bits per heavy atom. The zero-order valence-corrected chi connectivity index (χ0v) is 21.9. The first-order valence-electron chi connectivity index (χ1n) is 12.0. The minimum Gasteiger partial charge on any atom is -0.394 e. The van der Waals surface area contributed by atoms with Gasteiger partial charge in [0.15, 0.2) is 11.6 Å². The van der Waals surface area contributed by atoms with Crippen molar-refractivity contribution in [2.45, 2.75) is 55.4 Å².